The van der Waals surface area contributed by atoms with Gasteiger partial charge in [0, 0.05) is 35.9 Å². The second kappa shape index (κ2) is 11.1. The fourth-order valence-electron chi connectivity index (χ4n) is 5.26. The number of allylic oxidation sites excluding steroid dienone is 2. The minimum Gasteiger partial charge on any atom is -0.372 e. The lowest BCUT2D eigenvalue weighted by Crippen LogP contribution is -2.26. The van der Waals surface area contributed by atoms with Gasteiger partial charge in [-0.25, -0.2) is 0 Å². The molecule has 2 heteroatoms. The van der Waals surface area contributed by atoms with Gasteiger partial charge >= 0.3 is 0 Å². The lowest BCUT2D eigenvalue weighted by atomic mass is 9.97. The van der Waals surface area contributed by atoms with E-state index in [1.54, 1.807) is 0 Å². The van der Waals surface area contributed by atoms with Crippen LogP contribution in [0.1, 0.15) is 75.1 Å². The average Bonchev–Trinajstić information content (AvgIpc) is 3.43. The van der Waals surface area contributed by atoms with Crippen LogP contribution in [0.2, 0.25) is 0 Å². The van der Waals surface area contributed by atoms with Crippen LogP contribution in [0.25, 0.3) is 17.0 Å². The molecule has 4 rings (SSSR count). The number of nitrogens with one attached hydrogen (secondary N) is 1. The number of hydrogen-bond acceptors (Lipinski definition) is 1. The zero-order valence-electron chi connectivity index (χ0n) is 21.7. The van der Waals surface area contributed by atoms with Crippen LogP contribution >= 0.6 is 0 Å². The third kappa shape index (κ3) is 5.84. The topological polar surface area (TPSA) is 19.0 Å². The van der Waals surface area contributed by atoms with E-state index in [9.17, 15) is 0 Å². The Morgan fingerprint density at radius 1 is 1.09 bits per heavy atom. The van der Waals surface area contributed by atoms with Crippen molar-refractivity contribution < 1.29 is 0 Å². The predicted octanol–water partition coefficient (Wildman–Crippen LogP) is 8.65. The van der Waals surface area contributed by atoms with E-state index >= 15 is 0 Å². The Morgan fingerprint density at radius 2 is 1.94 bits per heavy atom. The third-order valence-electron chi connectivity index (χ3n) is 7.45. The summed E-state index contributed by atoms with van der Waals surface area (Å²) in [7, 11) is 0. The molecule has 1 heterocycles. The van der Waals surface area contributed by atoms with E-state index in [0.29, 0.717) is 0 Å². The number of aryl methyl sites for hydroxylation is 2. The molecule has 2 nitrogen and oxygen atoms in total. The molecular weight excluding hydrogens is 412 g/mol. The largest absolute Gasteiger partial charge is 0.372 e. The Morgan fingerprint density at radius 3 is 2.74 bits per heavy atom. The molecule has 0 fully saturated rings. The Balaban J connectivity index is 1.26. The van der Waals surface area contributed by atoms with Crippen molar-refractivity contribution in [3.05, 3.63) is 82.6 Å². The molecule has 1 aromatic heterocycles. The van der Waals surface area contributed by atoms with Crippen LogP contribution < -0.4 is 4.90 Å². The summed E-state index contributed by atoms with van der Waals surface area (Å²) in [5.41, 5.74) is 10.9. The number of anilines is 1. The van der Waals surface area contributed by atoms with Crippen molar-refractivity contribution in [2.75, 3.05) is 18.0 Å². The van der Waals surface area contributed by atoms with Crippen molar-refractivity contribution in [2.24, 2.45) is 5.92 Å². The molecule has 1 unspecified atom stereocenters. The molecule has 0 spiro atoms. The van der Waals surface area contributed by atoms with Crippen molar-refractivity contribution in [2.45, 2.75) is 72.6 Å². The van der Waals surface area contributed by atoms with Crippen LogP contribution in [0.4, 0.5) is 5.69 Å². The lowest BCUT2D eigenvalue weighted by molar-refractivity contribution is 0.463. The van der Waals surface area contributed by atoms with Crippen molar-refractivity contribution in [3.63, 3.8) is 0 Å². The number of rotatable bonds is 12. The van der Waals surface area contributed by atoms with Crippen LogP contribution in [0.3, 0.4) is 0 Å². The van der Waals surface area contributed by atoms with E-state index in [-0.39, 0.29) is 0 Å². The Hall–Kier alpha value is -2.74. The number of hydrogen-bond donors (Lipinski definition) is 1. The van der Waals surface area contributed by atoms with E-state index < -0.39 is 0 Å². The monoisotopic (exact) mass is 454 g/mol. The van der Waals surface area contributed by atoms with Crippen molar-refractivity contribution in [1.82, 2.24) is 4.98 Å². The number of nitrogens with zero attached hydrogens (tertiary/aromatic N) is 1. The molecule has 0 aliphatic heterocycles. The van der Waals surface area contributed by atoms with Gasteiger partial charge in [-0.05, 0) is 98.4 Å². The summed E-state index contributed by atoms with van der Waals surface area (Å²) < 4.78 is 0. The number of benzene rings is 2. The maximum absolute atomic E-state index is 4.14. The molecule has 1 atom stereocenters. The number of unbranched alkanes of at least 4 members (excludes halogenated alkanes) is 1. The Labute approximate surface area is 206 Å². The molecule has 1 aliphatic carbocycles. The molecule has 34 heavy (non-hydrogen) atoms. The Kier molecular flexibility index (Phi) is 7.98. The van der Waals surface area contributed by atoms with Crippen molar-refractivity contribution in [1.29, 1.82) is 0 Å². The van der Waals surface area contributed by atoms with Gasteiger partial charge in [-0.2, -0.15) is 0 Å². The number of H-pyrrole nitrogens is 1. The summed E-state index contributed by atoms with van der Waals surface area (Å²) >= 11 is 0. The first-order chi connectivity index (χ1) is 16.4. The fourth-order valence-corrected chi connectivity index (χ4v) is 5.26. The third-order valence-corrected chi connectivity index (χ3v) is 7.45. The summed E-state index contributed by atoms with van der Waals surface area (Å²) in [6.45, 7) is 15.4. The van der Waals surface area contributed by atoms with Gasteiger partial charge in [0.2, 0.25) is 0 Å². The molecule has 0 bridgehead atoms. The van der Waals surface area contributed by atoms with Gasteiger partial charge < -0.3 is 9.88 Å². The summed E-state index contributed by atoms with van der Waals surface area (Å²) in [6, 6.07) is 13.8. The molecule has 0 saturated heterocycles. The van der Waals surface area contributed by atoms with Crippen molar-refractivity contribution >= 4 is 22.7 Å². The molecular formula is C32H42N2. The van der Waals surface area contributed by atoms with E-state index in [1.807, 2.05) is 0 Å². The predicted molar refractivity (Wildman–Crippen MR) is 150 cm³/mol. The average molecular weight is 455 g/mol. The number of aromatic amines is 1. The second-order valence-electron chi connectivity index (χ2n) is 10.5. The van der Waals surface area contributed by atoms with E-state index in [1.165, 1.54) is 88.5 Å². The van der Waals surface area contributed by atoms with Crippen LogP contribution in [0.5, 0.6) is 0 Å². The Bertz CT molecular complexity index is 1160. The molecule has 3 aromatic rings. The van der Waals surface area contributed by atoms with Gasteiger partial charge in [-0.15, -0.1) is 0 Å². The van der Waals surface area contributed by atoms with Gasteiger partial charge in [0.1, 0.15) is 0 Å². The summed E-state index contributed by atoms with van der Waals surface area (Å²) in [4.78, 5) is 6.03. The highest BCUT2D eigenvalue weighted by Crippen LogP contribution is 2.32. The van der Waals surface area contributed by atoms with Gasteiger partial charge in [-0.1, -0.05) is 62.6 Å². The first kappa shape index (κ1) is 24.4. The highest BCUT2D eigenvalue weighted by Gasteiger charge is 2.16. The highest BCUT2D eigenvalue weighted by molar-refractivity contribution is 5.83. The fraction of sp³-hybridized carbons (Fsp3) is 0.438. The summed E-state index contributed by atoms with van der Waals surface area (Å²) in [5, 5.41) is 1.41. The summed E-state index contributed by atoms with van der Waals surface area (Å²) in [5.74, 6) is 0.758. The van der Waals surface area contributed by atoms with E-state index in [4.69, 9.17) is 0 Å². The zero-order valence-corrected chi connectivity index (χ0v) is 21.7. The molecule has 0 radical (unpaired) electrons. The standard InChI is InChI=1S/C32H42N2/c1-6-16-34(30-13-12-26-19-28(23(2)3)20-29(26)21-30)17-15-24(4)9-7-8-10-27-22-33-32-14-11-25(5)18-31(27)32/h11-14,18,20-22,24,33H,2,6-10,15-17,19H2,1,3-5H3. The molecule has 1 N–H and O–H groups in total. The first-order valence-corrected chi connectivity index (χ1v) is 13.3. The smallest absolute Gasteiger partial charge is 0.0456 e. The van der Waals surface area contributed by atoms with Gasteiger partial charge in [0.05, 0.1) is 0 Å². The molecule has 180 valence electrons. The normalized spacial score (nSPS) is 13.7. The minimum atomic E-state index is 0.758. The maximum Gasteiger partial charge on any atom is 0.0456 e. The zero-order chi connectivity index (χ0) is 24.1. The molecule has 1 aliphatic rings. The quantitative estimate of drug-likeness (QED) is 0.271. The van der Waals surface area contributed by atoms with E-state index in [2.05, 4.69) is 92.8 Å². The van der Waals surface area contributed by atoms with Crippen molar-refractivity contribution in [3.8, 4) is 0 Å². The van der Waals surface area contributed by atoms with Gasteiger partial charge in [-0.3, -0.25) is 0 Å². The molecule has 0 saturated carbocycles. The maximum atomic E-state index is 4.14. The summed E-state index contributed by atoms with van der Waals surface area (Å²) in [6.07, 6.45) is 13.1. The van der Waals surface area contributed by atoms with E-state index in [0.717, 1.165) is 25.4 Å². The van der Waals surface area contributed by atoms with Crippen LogP contribution in [0, 0.1) is 12.8 Å². The van der Waals surface area contributed by atoms with Gasteiger partial charge in [0.15, 0.2) is 0 Å². The van der Waals surface area contributed by atoms with Crippen LogP contribution in [-0.2, 0) is 12.8 Å². The molecule has 0 amide bonds. The molecule has 2 aromatic carbocycles. The van der Waals surface area contributed by atoms with Gasteiger partial charge in [0.25, 0.3) is 0 Å². The highest BCUT2D eigenvalue weighted by atomic mass is 15.1. The second-order valence-corrected chi connectivity index (χ2v) is 10.5. The SMILES string of the molecule is C=C(C)C1=Cc2cc(N(CCC)CCC(C)CCCCc3c[nH]c4ccc(C)cc34)ccc2C1. The van der Waals surface area contributed by atoms with Crippen LogP contribution in [-0.4, -0.2) is 18.1 Å². The first-order valence-electron chi connectivity index (χ1n) is 13.3. The van der Waals surface area contributed by atoms with Crippen LogP contribution in [0.15, 0.2) is 60.3 Å². The lowest BCUT2D eigenvalue weighted by Gasteiger charge is -2.26. The number of aromatic nitrogens is 1. The minimum absolute atomic E-state index is 0.758. The number of fused-ring (bicyclic) bond motifs is 2.